The summed E-state index contributed by atoms with van der Waals surface area (Å²) in [7, 11) is 0. The van der Waals surface area contributed by atoms with Crippen LogP contribution in [0.15, 0.2) is 18.2 Å². The summed E-state index contributed by atoms with van der Waals surface area (Å²) in [6.45, 7) is 4.61. The molecular formula is C14H19FN2O2. The molecule has 2 rings (SSSR count). The monoisotopic (exact) mass is 266 g/mol. The third-order valence-corrected chi connectivity index (χ3v) is 3.69. The van der Waals surface area contributed by atoms with Crippen LogP contribution in [0, 0.1) is 17.7 Å². The van der Waals surface area contributed by atoms with Crippen LogP contribution in [0.5, 0.6) is 5.75 Å². The van der Waals surface area contributed by atoms with Crippen molar-refractivity contribution in [1.29, 1.82) is 0 Å². The molecule has 0 aromatic heterocycles. The molecule has 1 aliphatic heterocycles. The zero-order valence-corrected chi connectivity index (χ0v) is 10.9. The zero-order chi connectivity index (χ0) is 13.8. The van der Waals surface area contributed by atoms with Gasteiger partial charge in [0.2, 0.25) is 0 Å². The average molecular weight is 266 g/mol. The van der Waals surface area contributed by atoms with E-state index in [0.29, 0.717) is 18.4 Å². The molecule has 0 bridgehead atoms. The van der Waals surface area contributed by atoms with Gasteiger partial charge in [-0.05, 0) is 43.5 Å². The molecular weight excluding hydrogens is 247 g/mol. The minimum atomic E-state index is -0.698. The highest BCUT2D eigenvalue weighted by molar-refractivity contribution is 5.94. The normalized spacial score (nSPS) is 23.1. The molecule has 4 nitrogen and oxygen atoms in total. The number of hydrogen-bond acceptors (Lipinski definition) is 3. The fourth-order valence-corrected chi connectivity index (χ4v) is 2.38. The number of halogens is 1. The smallest absolute Gasteiger partial charge is 0.254 e. The SMILES string of the molecule is CC1CNCCC1CNC(=O)c1ccc(O)cc1F. The minimum absolute atomic E-state index is 0.0283. The Kier molecular flexibility index (Phi) is 4.37. The van der Waals surface area contributed by atoms with Crippen LogP contribution < -0.4 is 10.6 Å². The van der Waals surface area contributed by atoms with Crippen molar-refractivity contribution < 1.29 is 14.3 Å². The first-order valence-electron chi connectivity index (χ1n) is 6.55. The molecule has 19 heavy (non-hydrogen) atoms. The molecule has 0 spiro atoms. The maximum Gasteiger partial charge on any atom is 0.254 e. The van der Waals surface area contributed by atoms with Gasteiger partial charge in [-0.3, -0.25) is 4.79 Å². The lowest BCUT2D eigenvalue weighted by Gasteiger charge is -2.29. The van der Waals surface area contributed by atoms with Gasteiger partial charge < -0.3 is 15.7 Å². The zero-order valence-electron chi connectivity index (χ0n) is 10.9. The highest BCUT2D eigenvalue weighted by Gasteiger charge is 2.22. The van der Waals surface area contributed by atoms with Crippen molar-refractivity contribution in [2.45, 2.75) is 13.3 Å². The van der Waals surface area contributed by atoms with Crippen molar-refractivity contribution in [2.75, 3.05) is 19.6 Å². The number of phenolic OH excluding ortho intramolecular Hbond substituents is 1. The van der Waals surface area contributed by atoms with Gasteiger partial charge in [0.25, 0.3) is 5.91 Å². The highest BCUT2D eigenvalue weighted by atomic mass is 19.1. The van der Waals surface area contributed by atoms with Gasteiger partial charge in [-0.2, -0.15) is 0 Å². The molecule has 0 saturated carbocycles. The second-order valence-electron chi connectivity index (χ2n) is 5.10. The molecule has 2 atom stereocenters. The highest BCUT2D eigenvalue weighted by Crippen LogP contribution is 2.18. The quantitative estimate of drug-likeness (QED) is 0.777. The number of rotatable bonds is 3. The number of piperidine rings is 1. The van der Waals surface area contributed by atoms with Gasteiger partial charge in [0.05, 0.1) is 5.56 Å². The molecule has 1 fully saturated rings. The summed E-state index contributed by atoms with van der Waals surface area (Å²) in [5.74, 6) is -0.385. The molecule has 0 aliphatic carbocycles. The van der Waals surface area contributed by atoms with Crippen molar-refractivity contribution in [1.82, 2.24) is 10.6 Å². The Morgan fingerprint density at radius 2 is 2.37 bits per heavy atom. The predicted octanol–water partition coefficient (Wildman–Crippen LogP) is 1.51. The summed E-state index contributed by atoms with van der Waals surface area (Å²) in [5.41, 5.74) is -0.0283. The number of carbonyl (C=O) groups is 1. The van der Waals surface area contributed by atoms with E-state index in [0.717, 1.165) is 25.6 Å². The van der Waals surface area contributed by atoms with Gasteiger partial charge >= 0.3 is 0 Å². The number of phenols is 1. The second-order valence-corrected chi connectivity index (χ2v) is 5.10. The molecule has 2 unspecified atom stereocenters. The first-order valence-corrected chi connectivity index (χ1v) is 6.55. The van der Waals surface area contributed by atoms with Crippen molar-refractivity contribution in [3.05, 3.63) is 29.6 Å². The number of carbonyl (C=O) groups excluding carboxylic acids is 1. The maximum absolute atomic E-state index is 13.5. The number of amides is 1. The van der Waals surface area contributed by atoms with Crippen LogP contribution in [-0.4, -0.2) is 30.6 Å². The van der Waals surface area contributed by atoms with Gasteiger partial charge in [-0.15, -0.1) is 0 Å². The molecule has 0 radical (unpaired) electrons. The lowest BCUT2D eigenvalue weighted by molar-refractivity contribution is 0.0934. The van der Waals surface area contributed by atoms with Crippen LogP contribution >= 0.6 is 0 Å². The van der Waals surface area contributed by atoms with Crippen molar-refractivity contribution >= 4 is 5.91 Å². The molecule has 1 aliphatic rings. The van der Waals surface area contributed by atoms with E-state index in [1.54, 1.807) is 0 Å². The van der Waals surface area contributed by atoms with Crippen LogP contribution in [0.4, 0.5) is 4.39 Å². The number of aromatic hydroxyl groups is 1. The summed E-state index contributed by atoms with van der Waals surface area (Å²) < 4.78 is 13.5. The van der Waals surface area contributed by atoms with Crippen molar-refractivity contribution in [3.63, 3.8) is 0 Å². The maximum atomic E-state index is 13.5. The summed E-state index contributed by atoms with van der Waals surface area (Å²) in [6.07, 6.45) is 1.01. The number of benzene rings is 1. The van der Waals surface area contributed by atoms with Crippen molar-refractivity contribution in [2.24, 2.45) is 11.8 Å². The van der Waals surface area contributed by atoms with E-state index in [2.05, 4.69) is 17.6 Å². The summed E-state index contributed by atoms with van der Waals surface area (Å²) in [5, 5.41) is 15.2. The fourth-order valence-electron chi connectivity index (χ4n) is 2.38. The van der Waals surface area contributed by atoms with Gasteiger partial charge in [-0.1, -0.05) is 6.92 Å². The van der Waals surface area contributed by atoms with E-state index in [1.165, 1.54) is 12.1 Å². The lowest BCUT2D eigenvalue weighted by Crippen LogP contribution is -2.41. The van der Waals surface area contributed by atoms with Crippen LogP contribution in [0.1, 0.15) is 23.7 Å². The van der Waals surface area contributed by atoms with E-state index in [4.69, 9.17) is 5.11 Å². The predicted molar refractivity (Wildman–Crippen MR) is 70.5 cm³/mol. The van der Waals surface area contributed by atoms with Crippen LogP contribution in [-0.2, 0) is 0 Å². The Bertz CT molecular complexity index is 465. The van der Waals surface area contributed by atoms with E-state index >= 15 is 0 Å². The van der Waals surface area contributed by atoms with Gasteiger partial charge in [0, 0.05) is 12.6 Å². The Balaban J connectivity index is 1.93. The summed E-state index contributed by atoms with van der Waals surface area (Å²) in [6, 6.07) is 3.55. The van der Waals surface area contributed by atoms with E-state index < -0.39 is 11.7 Å². The fraction of sp³-hybridized carbons (Fsp3) is 0.500. The largest absolute Gasteiger partial charge is 0.508 e. The van der Waals surface area contributed by atoms with Crippen LogP contribution in [0.2, 0.25) is 0 Å². The topological polar surface area (TPSA) is 61.4 Å². The van der Waals surface area contributed by atoms with Crippen molar-refractivity contribution in [3.8, 4) is 5.75 Å². The molecule has 1 amide bonds. The number of nitrogens with one attached hydrogen (secondary N) is 2. The van der Waals surface area contributed by atoms with Gasteiger partial charge in [-0.25, -0.2) is 4.39 Å². The minimum Gasteiger partial charge on any atom is -0.508 e. The Labute approximate surface area is 112 Å². The third-order valence-electron chi connectivity index (χ3n) is 3.69. The average Bonchev–Trinajstić information content (AvgIpc) is 2.37. The van der Waals surface area contributed by atoms with Gasteiger partial charge in [0.15, 0.2) is 0 Å². The molecule has 1 aromatic rings. The van der Waals surface area contributed by atoms with E-state index in [-0.39, 0.29) is 11.3 Å². The third kappa shape index (κ3) is 3.44. The standard InChI is InChI=1S/C14H19FN2O2/c1-9-7-16-5-4-10(9)8-17-14(19)12-3-2-11(18)6-13(12)15/h2-3,6,9-10,16,18H,4-5,7-8H2,1H3,(H,17,19). The second kappa shape index (κ2) is 6.02. The first-order chi connectivity index (χ1) is 9.08. The van der Waals surface area contributed by atoms with Crippen LogP contribution in [0.3, 0.4) is 0 Å². The summed E-state index contributed by atoms with van der Waals surface area (Å²) in [4.78, 5) is 11.9. The molecule has 104 valence electrons. The van der Waals surface area contributed by atoms with Crippen LogP contribution in [0.25, 0.3) is 0 Å². The Hall–Kier alpha value is -1.62. The van der Waals surface area contributed by atoms with Gasteiger partial charge in [0.1, 0.15) is 11.6 Å². The Morgan fingerprint density at radius 1 is 1.58 bits per heavy atom. The van der Waals surface area contributed by atoms with E-state index in [1.807, 2.05) is 0 Å². The number of hydrogen-bond donors (Lipinski definition) is 3. The molecule has 1 aromatic carbocycles. The molecule has 1 saturated heterocycles. The molecule has 3 N–H and O–H groups in total. The van der Waals surface area contributed by atoms with E-state index in [9.17, 15) is 9.18 Å². The Morgan fingerprint density at radius 3 is 3.05 bits per heavy atom. The summed E-state index contributed by atoms with van der Waals surface area (Å²) >= 11 is 0. The molecule has 5 heteroatoms. The first kappa shape index (κ1) is 13.8. The molecule has 1 heterocycles. The lowest BCUT2D eigenvalue weighted by atomic mass is 9.88.